The number of carbonyl (C=O) groups is 2. The van der Waals surface area contributed by atoms with Crippen LogP contribution in [0.1, 0.15) is 28.8 Å². The molecule has 1 unspecified atom stereocenters. The average Bonchev–Trinajstić information content (AvgIpc) is 3.10. The molecule has 0 radical (unpaired) electrons. The Kier molecular flexibility index (Phi) is 5.23. The molecule has 124 valence electrons. The average molecular weight is 333 g/mol. The van der Waals surface area contributed by atoms with Crippen molar-refractivity contribution in [2.75, 3.05) is 24.7 Å². The fraction of sp³-hybridized carbons (Fsp3) is 0.529. The van der Waals surface area contributed by atoms with Crippen LogP contribution in [0, 0.1) is 6.92 Å². The highest BCUT2D eigenvalue weighted by atomic mass is 32.2. The van der Waals surface area contributed by atoms with Gasteiger partial charge in [-0.15, -0.1) is 11.8 Å². The summed E-state index contributed by atoms with van der Waals surface area (Å²) < 4.78 is 0. The number of likely N-dealkylation sites (tertiary alicyclic amines) is 1. The van der Waals surface area contributed by atoms with E-state index in [9.17, 15) is 9.59 Å². The van der Waals surface area contributed by atoms with Gasteiger partial charge in [-0.25, -0.2) is 0 Å². The van der Waals surface area contributed by atoms with Crippen molar-refractivity contribution < 1.29 is 9.59 Å². The van der Waals surface area contributed by atoms with Crippen LogP contribution in [0.3, 0.4) is 0 Å². The highest BCUT2D eigenvalue weighted by Crippen LogP contribution is 2.16. The lowest BCUT2D eigenvalue weighted by atomic mass is 10.0. The Morgan fingerprint density at radius 1 is 1.22 bits per heavy atom. The molecule has 23 heavy (non-hydrogen) atoms. The molecule has 1 aromatic carbocycles. The fourth-order valence-corrected chi connectivity index (χ4v) is 3.93. The molecule has 2 aliphatic rings. The van der Waals surface area contributed by atoms with Crippen LogP contribution in [0.5, 0.6) is 0 Å². The van der Waals surface area contributed by atoms with Crippen molar-refractivity contribution in [1.29, 1.82) is 0 Å². The predicted molar refractivity (Wildman–Crippen MR) is 92.5 cm³/mol. The van der Waals surface area contributed by atoms with Gasteiger partial charge in [-0.2, -0.15) is 0 Å². The van der Waals surface area contributed by atoms with Crippen LogP contribution in [0.4, 0.5) is 0 Å². The first kappa shape index (κ1) is 16.3. The Morgan fingerprint density at radius 2 is 1.91 bits per heavy atom. The number of nitrogens with zero attached hydrogens (tertiary/aromatic N) is 1. The Balaban J connectivity index is 1.48. The number of thioether (sulfide) groups is 1. The molecular formula is C17H23N3O2S. The fourth-order valence-electron chi connectivity index (χ4n) is 2.99. The smallest absolute Gasteiger partial charge is 0.251 e. The third-order valence-electron chi connectivity index (χ3n) is 4.47. The molecule has 6 heteroatoms. The van der Waals surface area contributed by atoms with E-state index in [0.717, 1.165) is 43.1 Å². The molecule has 1 aromatic rings. The second-order valence-electron chi connectivity index (χ2n) is 6.21. The van der Waals surface area contributed by atoms with Crippen LogP contribution in [0.25, 0.3) is 0 Å². The minimum absolute atomic E-state index is 0.0244. The Labute approximate surface area is 141 Å². The number of hydrogen-bond acceptors (Lipinski definition) is 4. The number of hydrogen-bond donors (Lipinski definition) is 2. The summed E-state index contributed by atoms with van der Waals surface area (Å²) in [4.78, 5) is 26.5. The van der Waals surface area contributed by atoms with E-state index in [2.05, 4.69) is 10.6 Å². The number of carbonyl (C=O) groups excluding carboxylic acids is 2. The number of benzene rings is 1. The minimum Gasteiger partial charge on any atom is -0.349 e. The van der Waals surface area contributed by atoms with E-state index in [0.29, 0.717) is 5.56 Å². The number of piperidine rings is 1. The highest BCUT2D eigenvalue weighted by molar-refractivity contribution is 7.99. The second kappa shape index (κ2) is 7.36. The van der Waals surface area contributed by atoms with Gasteiger partial charge in [-0.05, 0) is 31.9 Å². The second-order valence-corrected chi connectivity index (χ2v) is 7.24. The molecule has 5 nitrogen and oxygen atoms in total. The van der Waals surface area contributed by atoms with Crippen molar-refractivity contribution >= 4 is 23.6 Å². The van der Waals surface area contributed by atoms with E-state index in [1.165, 1.54) is 0 Å². The van der Waals surface area contributed by atoms with Crippen molar-refractivity contribution in [2.45, 2.75) is 31.8 Å². The van der Waals surface area contributed by atoms with Crippen molar-refractivity contribution in [3.8, 4) is 0 Å². The third kappa shape index (κ3) is 4.06. The van der Waals surface area contributed by atoms with E-state index in [1.807, 2.05) is 36.1 Å². The lowest BCUT2D eigenvalue weighted by molar-refractivity contribution is -0.133. The molecule has 0 saturated carbocycles. The molecule has 0 aliphatic carbocycles. The molecule has 1 atom stereocenters. The zero-order chi connectivity index (χ0) is 16.2. The number of nitrogens with one attached hydrogen (secondary N) is 2. The summed E-state index contributed by atoms with van der Waals surface area (Å²) in [5.74, 6) is 1.91. The molecule has 3 rings (SSSR count). The van der Waals surface area contributed by atoms with Gasteiger partial charge in [0.05, 0.1) is 6.04 Å². The normalized spacial score (nSPS) is 22.1. The molecule has 2 heterocycles. The summed E-state index contributed by atoms with van der Waals surface area (Å²) in [6, 6.07) is 7.72. The van der Waals surface area contributed by atoms with Gasteiger partial charge in [-0.1, -0.05) is 17.7 Å². The number of rotatable bonds is 3. The Morgan fingerprint density at radius 3 is 2.52 bits per heavy atom. The molecule has 2 saturated heterocycles. The predicted octanol–water partition coefficient (Wildman–Crippen LogP) is 1.38. The topological polar surface area (TPSA) is 61.4 Å². The van der Waals surface area contributed by atoms with Gasteiger partial charge in [-0.3, -0.25) is 14.9 Å². The van der Waals surface area contributed by atoms with Crippen LogP contribution >= 0.6 is 11.8 Å². The van der Waals surface area contributed by atoms with Crippen LogP contribution < -0.4 is 10.6 Å². The Hall–Kier alpha value is -1.53. The summed E-state index contributed by atoms with van der Waals surface area (Å²) in [6.45, 7) is 3.45. The maximum atomic E-state index is 12.3. The van der Waals surface area contributed by atoms with E-state index in [-0.39, 0.29) is 23.9 Å². The Bertz CT molecular complexity index is 562. The largest absolute Gasteiger partial charge is 0.349 e. The lowest BCUT2D eigenvalue weighted by Crippen LogP contribution is -2.51. The lowest BCUT2D eigenvalue weighted by Gasteiger charge is -2.33. The maximum absolute atomic E-state index is 12.3. The first-order valence-corrected chi connectivity index (χ1v) is 9.26. The number of amides is 2. The van der Waals surface area contributed by atoms with Gasteiger partial charge in [0.1, 0.15) is 0 Å². The standard InChI is InChI=1S/C17H23N3O2S/c1-12-2-4-13(5-3-12)16(21)19-14-6-8-20(9-7-14)17(22)15-10-23-11-18-15/h2-5,14-15,18H,6-11H2,1H3,(H,19,21). The van der Waals surface area contributed by atoms with Crippen LogP contribution in [0.15, 0.2) is 24.3 Å². The summed E-state index contributed by atoms with van der Waals surface area (Å²) in [6.07, 6.45) is 1.65. The molecular weight excluding hydrogens is 310 g/mol. The van der Waals surface area contributed by atoms with Gasteiger partial charge in [0.2, 0.25) is 5.91 Å². The van der Waals surface area contributed by atoms with E-state index < -0.39 is 0 Å². The van der Waals surface area contributed by atoms with Crippen molar-refractivity contribution in [3.05, 3.63) is 35.4 Å². The van der Waals surface area contributed by atoms with Gasteiger partial charge in [0.15, 0.2) is 0 Å². The van der Waals surface area contributed by atoms with Gasteiger partial charge >= 0.3 is 0 Å². The van der Waals surface area contributed by atoms with Crippen LogP contribution in [-0.4, -0.2) is 53.5 Å². The van der Waals surface area contributed by atoms with Crippen molar-refractivity contribution in [3.63, 3.8) is 0 Å². The first-order chi connectivity index (χ1) is 11.1. The van der Waals surface area contributed by atoms with Crippen molar-refractivity contribution in [1.82, 2.24) is 15.5 Å². The van der Waals surface area contributed by atoms with Gasteiger partial charge in [0.25, 0.3) is 5.91 Å². The van der Waals surface area contributed by atoms with Gasteiger partial charge in [0, 0.05) is 36.3 Å². The summed E-state index contributed by atoms with van der Waals surface area (Å²) in [5, 5.41) is 6.31. The van der Waals surface area contributed by atoms with Crippen LogP contribution in [0.2, 0.25) is 0 Å². The zero-order valence-corrected chi connectivity index (χ0v) is 14.2. The highest BCUT2D eigenvalue weighted by Gasteiger charge is 2.30. The molecule has 2 fully saturated rings. The summed E-state index contributed by atoms with van der Waals surface area (Å²) >= 11 is 1.77. The third-order valence-corrected chi connectivity index (χ3v) is 5.41. The molecule has 2 aliphatic heterocycles. The van der Waals surface area contributed by atoms with E-state index in [1.54, 1.807) is 11.8 Å². The molecule has 2 amide bonds. The molecule has 0 bridgehead atoms. The van der Waals surface area contributed by atoms with Gasteiger partial charge < -0.3 is 10.2 Å². The minimum atomic E-state index is -0.0290. The first-order valence-electron chi connectivity index (χ1n) is 8.11. The van der Waals surface area contributed by atoms with Crippen LogP contribution in [-0.2, 0) is 4.79 Å². The van der Waals surface area contributed by atoms with Crippen molar-refractivity contribution in [2.24, 2.45) is 0 Å². The SMILES string of the molecule is Cc1ccc(C(=O)NC2CCN(C(=O)C3CSCN3)CC2)cc1. The molecule has 2 N–H and O–H groups in total. The molecule has 0 spiro atoms. The quantitative estimate of drug-likeness (QED) is 0.877. The number of aryl methyl sites for hydroxylation is 1. The monoisotopic (exact) mass is 333 g/mol. The molecule has 0 aromatic heterocycles. The maximum Gasteiger partial charge on any atom is 0.251 e. The van der Waals surface area contributed by atoms with E-state index in [4.69, 9.17) is 0 Å². The summed E-state index contributed by atoms with van der Waals surface area (Å²) in [5.41, 5.74) is 1.84. The summed E-state index contributed by atoms with van der Waals surface area (Å²) in [7, 11) is 0. The van der Waals surface area contributed by atoms with E-state index >= 15 is 0 Å². The zero-order valence-electron chi connectivity index (χ0n) is 13.4.